The van der Waals surface area contributed by atoms with Crippen LogP contribution < -0.4 is 4.90 Å². The smallest absolute Gasteiger partial charge is 0.185 e. The Morgan fingerprint density at radius 3 is 2.32 bits per heavy atom. The van der Waals surface area contributed by atoms with E-state index in [1.165, 1.54) is 18.5 Å². The average Bonchev–Trinajstić information content (AvgIpc) is 3.04. The molecule has 1 aliphatic heterocycles. The van der Waals surface area contributed by atoms with Gasteiger partial charge in [-0.25, -0.2) is 0 Å². The summed E-state index contributed by atoms with van der Waals surface area (Å²) in [7, 11) is 4.32. The molecule has 0 amide bonds. The summed E-state index contributed by atoms with van der Waals surface area (Å²) in [5, 5.41) is 0. The molecule has 0 N–H and O–H groups in total. The van der Waals surface area contributed by atoms with E-state index in [0.29, 0.717) is 11.8 Å². The van der Waals surface area contributed by atoms with Crippen molar-refractivity contribution in [1.82, 2.24) is 4.90 Å². The summed E-state index contributed by atoms with van der Waals surface area (Å²) in [6, 6.07) is 12.6. The summed E-state index contributed by atoms with van der Waals surface area (Å²) in [5.74, 6) is 1.10. The molecule has 2 heterocycles. The molecule has 2 aromatic rings. The molecule has 0 saturated carbocycles. The first kappa shape index (κ1) is 14.9. The Morgan fingerprint density at radius 1 is 1.09 bits per heavy atom. The highest BCUT2D eigenvalue weighted by molar-refractivity contribution is 5.73. The number of piperidine rings is 1. The van der Waals surface area contributed by atoms with Crippen molar-refractivity contribution < 1.29 is 9.21 Å². The fourth-order valence-electron chi connectivity index (χ4n) is 3.05. The highest BCUT2D eigenvalue weighted by atomic mass is 16.3. The second-order valence-electron chi connectivity index (χ2n) is 6.05. The minimum atomic E-state index is 0.366. The van der Waals surface area contributed by atoms with Crippen LogP contribution in [0.15, 0.2) is 40.8 Å². The molecular formula is C18H22N2O2. The first-order valence-corrected chi connectivity index (χ1v) is 7.74. The molecule has 1 aromatic heterocycles. The molecule has 0 unspecified atom stereocenters. The Balaban J connectivity index is 1.68. The zero-order valence-electron chi connectivity index (χ0n) is 13.2. The van der Waals surface area contributed by atoms with E-state index >= 15 is 0 Å². The minimum Gasteiger partial charge on any atom is -0.453 e. The number of rotatable bonds is 4. The van der Waals surface area contributed by atoms with E-state index in [9.17, 15) is 4.79 Å². The SMILES string of the molecule is CN(C)C1CCN(c2ccc(-c3ccc(C=O)o3)cc2)CC1. The number of hydrogen-bond donors (Lipinski definition) is 0. The number of aldehydes is 1. The largest absolute Gasteiger partial charge is 0.453 e. The molecule has 0 atom stereocenters. The number of carbonyl (C=O) groups is 1. The quantitative estimate of drug-likeness (QED) is 0.812. The zero-order valence-corrected chi connectivity index (χ0v) is 13.2. The van der Waals surface area contributed by atoms with Gasteiger partial charge in [-0.15, -0.1) is 0 Å². The lowest BCUT2D eigenvalue weighted by Crippen LogP contribution is -2.41. The Morgan fingerprint density at radius 2 is 1.77 bits per heavy atom. The number of hydrogen-bond acceptors (Lipinski definition) is 4. The van der Waals surface area contributed by atoms with E-state index in [0.717, 1.165) is 30.7 Å². The molecule has 4 nitrogen and oxygen atoms in total. The van der Waals surface area contributed by atoms with Crippen LogP contribution in [0.2, 0.25) is 0 Å². The lowest BCUT2D eigenvalue weighted by molar-refractivity contribution is 0.110. The standard InChI is InChI=1S/C18H22N2O2/c1-19(2)15-9-11-20(12-10-15)16-5-3-14(4-6-16)18-8-7-17(13-21)22-18/h3-8,13,15H,9-12H2,1-2H3. The van der Waals surface area contributed by atoms with Crippen LogP contribution in [0.25, 0.3) is 11.3 Å². The Labute approximate surface area is 131 Å². The number of nitrogens with zero attached hydrogens (tertiary/aromatic N) is 2. The predicted octanol–water partition coefficient (Wildman–Crippen LogP) is 3.29. The van der Waals surface area contributed by atoms with E-state index in [1.54, 1.807) is 6.07 Å². The van der Waals surface area contributed by atoms with Crippen LogP contribution in [-0.4, -0.2) is 44.4 Å². The molecule has 1 aliphatic rings. The number of anilines is 1. The molecular weight excluding hydrogens is 276 g/mol. The summed E-state index contributed by atoms with van der Waals surface area (Å²) < 4.78 is 5.46. The second-order valence-corrected chi connectivity index (χ2v) is 6.05. The zero-order chi connectivity index (χ0) is 15.5. The van der Waals surface area contributed by atoms with Crippen LogP contribution in [0.1, 0.15) is 23.4 Å². The maximum Gasteiger partial charge on any atom is 0.185 e. The highest BCUT2D eigenvalue weighted by Crippen LogP contribution is 2.26. The molecule has 3 rings (SSSR count). The minimum absolute atomic E-state index is 0.366. The Bertz CT molecular complexity index is 623. The first-order chi connectivity index (χ1) is 10.7. The van der Waals surface area contributed by atoms with Gasteiger partial charge in [0.05, 0.1) is 0 Å². The van der Waals surface area contributed by atoms with E-state index in [4.69, 9.17) is 4.42 Å². The third-order valence-electron chi connectivity index (χ3n) is 4.45. The van der Waals surface area contributed by atoms with Gasteiger partial charge in [0.25, 0.3) is 0 Å². The van der Waals surface area contributed by atoms with Crippen LogP contribution in [-0.2, 0) is 0 Å². The Hall–Kier alpha value is -2.07. The summed E-state index contributed by atoms with van der Waals surface area (Å²) in [6.45, 7) is 2.19. The molecule has 1 aromatic carbocycles. The number of benzene rings is 1. The topological polar surface area (TPSA) is 36.7 Å². The molecule has 0 radical (unpaired) electrons. The monoisotopic (exact) mass is 298 g/mol. The van der Waals surface area contributed by atoms with Gasteiger partial charge >= 0.3 is 0 Å². The van der Waals surface area contributed by atoms with Crippen molar-refractivity contribution in [1.29, 1.82) is 0 Å². The van der Waals surface area contributed by atoms with Crippen molar-refractivity contribution in [2.24, 2.45) is 0 Å². The van der Waals surface area contributed by atoms with Crippen molar-refractivity contribution in [3.8, 4) is 11.3 Å². The third kappa shape index (κ3) is 3.07. The maximum absolute atomic E-state index is 10.7. The lowest BCUT2D eigenvalue weighted by atomic mass is 10.0. The second kappa shape index (κ2) is 6.36. The average molecular weight is 298 g/mol. The van der Waals surface area contributed by atoms with Crippen molar-refractivity contribution in [3.63, 3.8) is 0 Å². The highest BCUT2D eigenvalue weighted by Gasteiger charge is 2.20. The molecule has 1 saturated heterocycles. The van der Waals surface area contributed by atoms with Crippen molar-refractivity contribution in [3.05, 3.63) is 42.2 Å². The van der Waals surface area contributed by atoms with Crippen LogP contribution in [0.5, 0.6) is 0 Å². The predicted molar refractivity (Wildman–Crippen MR) is 88.5 cm³/mol. The molecule has 0 aliphatic carbocycles. The van der Waals surface area contributed by atoms with Crippen molar-refractivity contribution >= 4 is 12.0 Å². The first-order valence-electron chi connectivity index (χ1n) is 7.74. The van der Waals surface area contributed by atoms with Gasteiger partial charge in [0.1, 0.15) is 5.76 Å². The summed E-state index contributed by atoms with van der Waals surface area (Å²) in [6.07, 6.45) is 3.14. The van der Waals surface area contributed by atoms with Gasteiger partial charge in [0.2, 0.25) is 0 Å². The van der Waals surface area contributed by atoms with Gasteiger partial charge in [-0.2, -0.15) is 0 Å². The summed E-state index contributed by atoms with van der Waals surface area (Å²) in [4.78, 5) is 15.4. The Kier molecular flexibility index (Phi) is 4.29. The van der Waals surface area contributed by atoms with Crippen molar-refractivity contribution in [2.75, 3.05) is 32.1 Å². The molecule has 1 fully saturated rings. The molecule has 4 heteroatoms. The van der Waals surface area contributed by atoms with Crippen LogP contribution >= 0.6 is 0 Å². The summed E-state index contributed by atoms with van der Waals surface area (Å²) in [5.41, 5.74) is 2.25. The number of carbonyl (C=O) groups excluding carboxylic acids is 1. The fourth-order valence-corrected chi connectivity index (χ4v) is 3.05. The van der Waals surface area contributed by atoms with Gasteiger partial charge in [-0.1, -0.05) is 0 Å². The molecule has 116 valence electrons. The van der Waals surface area contributed by atoms with Gasteiger partial charge in [0, 0.05) is 30.4 Å². The fraction of sp³-hybridized carbons (Fsp3) is 0.389. The number of furan rings is 1. The van der Waals surface area contributed by atoms with Gasteiger partial charge < -0.3 is 14.2 Å². The normalized spacial score (nSPS) is 16.2. The molecule has 0 bridgehead atoms. The third-order valence-corrected chi connectivity index (χ3v) is 4.45. The van der Waals surface area contributed by atoms with Gasteiger partial charge in [-0.3, -0.25) is 4.79 Å². The summed E-state index contributed by atoms with van der Waals surface area (Å²) >= 11 is 0. The molecule has 22 heavy (non-hydrogen) atoms. The van der Waals surface area contributed by atoms with Crippen molar-refractivity contribution in [2.45, 2.75) is 18.9 Å². The van der Waals surface area contributed by atoms with E-state index in [2.05, 4.69) is 48.2 Å². The van der Waals surface area contributed by atoms with Crippen LogP contribution in [0.3, 0.4) is 0 Å². The van der Waals surface area contributed by atoms with E-state index in [1.807, 2.05) is 6.07 Å². The maximum atomic E-state index is 10.7. The van der Waals surface area contributed by atoms with Gasteiger partial charge in [0.15, 0.2) is 12.0 Å². The van der Waals surface area contributed by atoms with E-state index < -0.39 is 0 Å². The molecule has 0 spiro atoms. The lowest BCUT2D eigenvalue weighted by Gasteiger charge is -2.36. The van der Waals surface area contributed by atoms with E-state index in [-0.39, 0.29) is 0 Å². The van der Waals surface area contributed by atoms with Crippen LogP contribution in [0.4, 0.5) is 5.69 Å². The van der Waals surface area contributed by atoms with Gasteiger partial charge in [-0.05, 0) is 63.3 Å². The van der Waals surface area contributed by atoms with Crippen LogP contribution in [0, 0.1) is 0 Å².